The molecule has 1 amide bonds. The molecule has 0 aromatic heterocycles. The molecule has 0 bridgehead atoms. The zero-order chi connectivity index (χ0) is 12.7. The molecule has 0 unspecified atom stereocenters. The van der Waals surface area contributed by atoms with Crippen LogP contribution < -0.4 is 5.32 Å². The molecule has 4 N–H and O–H groups in total. The molecule has 17 heavy (non-hydrogen) atoms. The maximum Gasteiger partial charge on any atom is 0.220 e. The highest BCUT2D eigenvalue weighted by Gasteiger charge is 2.30. The molecule has 0 saturated heterocycles. The number of amides is 1. The van der Waals surface area contributed by atoms with E-state index in [0.29, 0.717) is 12.3 Å². The van der Waals surface area contributed by atoms with E-state index in [1.807, 2.05) is 0 Å². The first-order valence-electron chi connectivity index (χ1n) is 6.29. The smallest absolute Gasteiger partial charge is 0.220 e. The molecule has 1 aliphatic rings. The monoisotopic (exact) mass is 245 g/mol. The van der Waals surface area contributed by atoms with Crippen LogP contribution in [0, 0.1) is 5.92 Å². The number of carbonyl (C=O) groups is 1. The molecule has 5 heteroatoms. The average Bonchev–Trinajstić information content (AvgIpc) is 2.87. The lowest BCUT2D eigenvalue weighted by Gasteiger charge is -2.28. The van der Waals surface area contributed by atoms with Gasteiger partial charge in [-0.3, -0.25) is 4.79 Å². The molecule has 0 aromatic carbocycles. The summed E-state index contributed by atoms with van der Waals surface area (Å²) in [5.74, 6) is 0.418. The van der Waals surface area contributed by atoms with Gasteiger partial charge in [-0.1, -0.05) is 25.7 Å². The van der Waals surface area contributed by atoms with Crippen molar-refractivity contribution < 1.29 is 20.1 Å². The third kappa shape index (κ3) is 4.26. The second kappa shape index (κ2) is 6.93. The average molecular weight is 245 g/mol. The normalized spacial score (nSPS) is 17.4. The van der Waals surface area contributed by atoms with Gasteiger partial charge in [-0.2, -0.15) is 0 Å². The molecule has 0 spiro atoms. The number of hydrogen-bond acceptors (Lipinski definition) is 4. The van der Waals surface area contributed by atoms with Gasteiger partial charge < -0.3 is 20.6 Å². The quantitative estimate of drug-likeness (QED) is 0.499. The van der Waals surface area contributed by atoms with Crippen molar-refractivity contribution >= 4 is 5.91 Å². The largest absolute Gasteiger partial charge is 0.394 e. The summed E-state index contributed by atoms with van der Waals surface area (Å²) >= 11 is 0. The molecular formula is C12H23NO4. The Morgan fingerprint density at radius 2 is 1.65 bits per heavy atom. The minimum atomic E-state index is -1.28. The van der Waals surface area contributed by atoms with E-state index in [1.165, 1.54) is 25.7 Å². The maximum atomic E-state index is 11.6. The van der Waals surface area contributed by atoms with Crippen LogP contribution in [-0.4, -0.2) is 46.6 Å². The van der Waals surface area contributed by atoms with E-state index in [0.717, 1.165) is 6.42 Å². The summed E-state index contributed by atoms with van der Waals surface area (Å²) < 4.78 is 0. The Labute approximate surface area is 102 Å². The number of carbonyl (C=O) groups excluding carboxylic acids is 1. The predicted octanol–water partition coefficient (Wildman–Crippen LogP) is -0.211. The number of hydrogen-bond donors (Lipinski definition) is 4. The molecule has 1 fully saturated rings. The molecule has 1 aliphatic carbocycles. The summed E-state index contributed by atoms with van der Waals surface area (Å²) in [7, 11) is 0. The molecule has 0 heterocycles. The Morgan fingerprint density at radius 1 is 1.12 bits per heavy atom. The third-order valence-electron chi connectivity index (χ3n) is 3.57. The molecule has 1 rings (SSSR count). The third-order valence-corrected chi connectivity index (χ3v) is 3.57. The van der Waals surface area contributed by atoms with E-state index in [1.54, 1.807) is 0 Å². The van der Waals surface area contributed by atoms with Gasteiger partial charge in [-0.05, 0) is 12.3 Å². The van der Waals surface area contributed by atoms with Crippen LogP contribution in [0.4, 0.5) is 0 Å². The van der Waals surface area contributed by atoms with E-state index in [2.05, 4.69) is 5.32 Å². The van der Waals surface area contributed by atoms with Crippen LogP contribution in [0.2, 0.25) is 0 Å². The lowest BCUT2D eigenvalue weighted by atomic mass is 9.99. The molecule has 0 atom stereocenters. The maximum absolute atomic E-state index is 11.6. The summed E-state index contributed by atoms with van der Waals surface area (Å²) in [5, 5.41) is 29.7. The van der Waals surface area contributed by atoms with Crippen molar-refractivity contribution in [3.05, 3.63) is 0 Å². The topological polar surface area (TPSA) is 89.8 Å². The first kappa shape index (κ1) is 14.4. The SMILES string of the molecule is O=C(CCC1CCCC1)NC(CO)(CO)CO. The fourth-order valence-corrected chi connectivity index (χ4v) is 2.26. The van der Waals surface area contributed by atoms with E-state index < -0.39 is 25.4 Å². The van der Waals surface area contributed by atoms with E-state index in [-0.39, 0.29) is 5.91 Å². The van der Waals surface area contributed by atoms with E-state index in [9.17, 15) is 4.79 Å². The van der Waals surface area contributed by atoms with Crippen molar-refractivity contribution in [2.75, 3.05) is 19.8 Å². The first-order chi connectivity index (χ1) is 8.15. The zero-order valence-corrected chi connectivity index (χ0v) is 10.2. The highest BCUT2D eigenvalue weighted by Crippen LogP contribution is 2.28. The Balaban J connectivity index is 2.31. The molecular weight excluding hydrogens is 222 g/mol. The summed E-state index contributed by atoms with van der Waals surface area (Å²) in [6, 6.07) is 0. The van der Waals surface area contributed by atoms with Gasteiger partial charge in [0.25, 0.3) is 0 Å². The van der Waals surface area contributed by atoms with Crippen molar-refractivity contribution in [2.24, 2.45) is 5.92 Å². The van der Waals surface area contributed by atoms with Gasteiger partial charge in [-0.25, -0.2) is 0 Å². The van der Waals surface area contributed by atoms with Gasteiger partial charge >= 0.3 is 0 Å². The Hall–Kier alpha value is -0.650. The van der Waals surface area contributed by atoms with Crippen molar-refractivity contribution in [3.8, 4) is 0 Å². The zero-order valence-electron chi connectivity index (χ0n) is 10.2. The molecule has 5 nitrogen and oxygen atoms in total. The minimum Gasteiger partial charge on any atom is -0.394 e. The van der Waals surface area contributed by atoms with E-state index >= 15 is 0 Å². The fraction of sp³-hybridized carbons (Fsp3) is 0.917. The molecule has 1 saturated carbocycles. The molecule has 0 aromatic rings. The Morgan fingerprint density at radius 3 is 2.12 bits per heavy atom. The van der Waals surface area contributed by atoms with Gasteiger partial charge in [0.15, 0.2) is 0 Å². The second-order valence-electron chi connectivity index (χ2n) is 4.99. The summed E-state index contributed by atoms with van der Waals surface area (Å²) in [4.78, 5) is 11.6. The van der Waals surface area contributed by atoms with Crippen molar-refractivity contribution in [1.29, 1.82) is 0 Å². The van der Waals surface area contributed by atoms with Crippen LogP contribution in [-0.2, 0) is 4.79 Å². The van der Waals surface area contributed by atoms with Crippen molar-refractivity contribution in [2.45, 2.75) is 44.1 Å². The number of nitrogens with one attached hydrogen (secondary N) is 1. The summed E-state index contributed by atoms with van der Waals surface area (Å²) in [6.07, 6.45) is 6.13. The lowest BCUT2D eigenvalue weighted by molar-refractivity contribution is -0.125. The highest BCUT2D eigenvalue weighted by atomic mass is 16.3. The van der Waals surface area contributed by atoms with Crippen LogP contribution in [0.3, 0.4) is 0 Å². The lowest BCUT2D eigenvalue weighted by Crippen LogP contribution is -2.57. The van der Waals surface area contributed by atoms with Gasteiger partial charge in [0.1, 0.15) is 5.54 Å². The van der Waals surface area contributed by atoms with Gasteiger partial charge in [0.05, 0.1) is 19.8 Å². The molecule has 100 valence electrons. The van der Waals surface area contributed by atoms with Crippen LogP contribution >= 0.6 is 0 Å². The van der Waals surface area contributed by atoms with Crippen LogP contribution in [0.25, 0.3) is 0 Å². The number of aliphatic hydroxyl groups is 3. The van der Waals surface area contributed by atoms with Gasteiger partial charge in [-0.15, -0.1) is 0 Å². The number of rotatable bonds is 7. The van der Waals surface area contributed by atoms with Crippen molar-refractivity contribution in [1.82, 2.24) is 5.32 Å². The molecule has 0 radical (unpaired) electrons. The predicted molar refractivity (Wildman–Crippen MR) is 63.3 cm³/mol. The van der Waals surface area contributed by atoms with E-state index in [4.69, 9.17) is 15.3 Å². The fourth-order valence-electron chi connectivity index (χ4n) is 2.26. The summed E-state index contributed by atoms with van der Waals surface area (Å²) in [6.45, 7) is -1.39. The van der Waals surface area contributed by atoms with Gasteiger partial charge in [0.2, 0.25) is 5.91 Å². The Kier molecular flexibility index (Phi) is 5.88. The second-order valence-corrected chi connectivity index (χ2v) is 4.99. The number of aliphatic hydroxyl groups excluding tert-OH is 3. The van der Waals surface area contributed by atoms with Crippen LogP contribution in [0.15, 0.2) is 0 Å². The molecule has 0 aliphatic heterocycles. The van der Waals surface area contributed by atoms with Crippen LogP contribution in [0.5, 0.6) is 0 Å². The minimum absolute atomic E-state index is 0.214. The highest BCUT2D eigenvalue weighted by molar-refractivity contribution is 5.76. The summed E-state index contributed by atoms with van der Waals surface area (Å²) in [5.41, 5.74) is -1.28. The van der Waals surface area contributed by atoms with Gasteiger partial charge in [0, 0.05) is 6.42 Å². The Bertz CT molecular complexity index is 226. The first-order valence-corrected chi connectivity index (χ1v) is 6.29. The van der Waals surface area contributed by atoms with Crippen LogP contribution in [0.1, 0.15) is 38.5 Å². The standard InChI is InChI=1S/C12H23NO4/c14-7-12(8-15,9-16)13-11(17)6-5-10-3-1-2-4-10/h10,14-16H,1-9H2,(H,13,17). The van der Waals surface area contributed by atoms with Crippen molar-refractivity contribution in [3.63, 3.8) is 0 Å².